The number of hydrogen-bond acceptors (Lipinski definition) is 5. The molecule has 0 bridgehead atoms. The van der Waals surface area contributed by atoms with Gasteiger partial charge in [-0.15, -0.1) is 0 Å². The molecular formula is C17H25N3O4S. The zero-order valence-corrected chi connectivity index (χ0v) is 15.1. The first-order valence-electron chi connectivity index (χ1n) is 8.82. The Labute approximate surface area is 148 Å². The molecule has 25 heavy (non-hydrogen) atoms. The highest BCUT2D eigenvalue weighted by Crippen LogP contribution is 2.21. The van der Waals surface area contributed by atoms with Crippen LogP contribution in [0.1, 0.15) is 36.0 Å². The van der Waals surface area contributed by atoms with Crippen molar-refractivity contribution in [2.24, 2.45) is 0 Å². The molecule has 0 radical (unpaired) electrons. The monoisotopic (exact) mass is 367 g/mol. The topological polar surface area (TPSA) is 79.0 Å². The highest BCUT2D eigenvalue weighted by atomic mass is 32.2. The Morgan fingerprint density at radius 3 is 2.24 bits per heavy atom. The number of carbonyl (C=O) groups excluding carboxylic acids is 1. The van der Waals surface area contributed by atoms with Crippen LogP contribution in [0.15, 0.2) is 29.2 Å². The maximum Gasteiger partial charge on any atom is 0.274 e. The number of sulfonamides is 1. The minimum Gasteiger partial charge on any atom is -0.301 e. The number of benzene rings is 1. The van der Waals surface area contributed by atoms with Crippen LogP contribution in [0, 0.1) is 0 Å². The van der Waals surface area contributed by atoms with Gasteiger partial charge in [0, 0.05) is 25.2 Å². The van der Waals surface area contributed by atoms with Crippen molar-refractivity contribution in [3.8, 4) is 0 Å². The van der Waals surface area contributed by atoms with Crippen LogP contribution in [0.25, 0.3) is 0 Å². The van der Waals surface area contributed by atoms with E-state index in [4.69, 9.17) is 4.84 Å². The van der Waals surface area contributed by atoms with Crippen molar-refractivity contribution in [3.63, 3.8) is 0 Å². The summed E-state index contributed by atoms with van der Waals surface area (Å²) in [6.07, 6.45) is 4.24. The number of likely N-dealkylation sites (tertiary alicyclic amines) is 1. The van der Waals surface area contributed by atoms with Gasteiger partial charge in [0.05, 0.1) is 11.5 Å². The summed E-state index contributed by atoms with van der Waals surface area (Å²) in [6, 6.07) is 5.99. The molecule has 1 N–H and O–H groups in total. The normalized spacial score (nSPS) is 19.4. The number of hydroxylamine groups is 1. The summed E-state index contributed by atoms with van der Waals surface area (Å²) in [5, 5.41) is 0. The molecule has 2 heterocycles. The van der Waals surface area contributed by atoms with E-state index in [0.717, 1.165) is 32.5 Å². The predicted molar refractivity (Wildman–Crippen MR) is 93.5 cm³/mol. The summed E-state index contributed by atoms with van der Waals surface area (Å²) in [6.45, 7) is 4.54. The minimum absolute atomic E-state index is 0.223. The van der Waals surface area contributed by atoms with Gasteiger partial charge in [-0.25, -0.2) is 13.9 Å². The van der Waals surface area contributed by atoms with Crippen LogP contribution in [-0.2, 0) is 14.9 Å². The van der Waals surface area contributed by atoms with Gasteiger partial charge in [-0.3, -0.25) is 9.63 Å². The van der Waals surface area contributed by atoms with Crippen molar-refractivity contribution in [2.45, 2.75) is 30.6 Å². The average Bonchev–Trinajstić information content (AvgIpc) is 3.32. The molecule has 1 amide bonds. The fraction of sp³-hybridized carbons (Fsp3) is 0.588. The second-order valence-electron chi connectivity index (χ2n) is 6.46. The molecule has 0 aliphatic carbocycles. The average molecular weight is 367 g/mol. The number of nitrogens with one attached hydrogen (secondary N) is 1. The van der Waals surface area contributed by atoms with Crippen molar-refractivity contribution >= 4 is 15.9 Å². The van der Waals surface area contributed by atoms with E-state index in [-0.39, 0.29) is 10.8 Å². The lowest BCUT2D eigenvalue weighted by molar-refractivity contribution is 0.0244. The summed E-state index contributed by atoms with van der Waals surface area (Å²) < 4.78 is 26.4. The van der Waals surface area contributed by atoms with Crippen LogP contribution in [0.3, 0.4) is 0 Å². The summed E-state index contributed by atoms with van der Waals surface area (Å²) in [5.74, 6) is -0.369. The molecule has 1 aromatic carbocycles. The second-order valence-corrected chi connectivity index (χ2v) is 8.40. The first kappa shape index (κ1) is 18.3. The molecule has 0 saturated carbocycles. The second kappa shape index (κ2) is 8.27. The summed E-state index contributed by atoms with van der Waals surface area (Å²) >= 11 is 0. The molecule has 0 aromatic heterocycles. The van der Waals surface area contributed by atoms with Gasteiger partial charge in [0.15, 0.2) is 0 Å². The number of carbonyl (C=O) groups is 1. The molecular weight excluding hydrogens is 342 g/mol. The standard InChI is InChI=1S/C17H25N3O4S/c21-17(18-24-14-13-19-9-1-2-10-19)15-5-7-16(8-6-15)25(22,23)20-11-3-4-12-20/h5-8H,1-4,9-14H2,(H,18,21). The molecule has 2 fully saturated rings. The van der Waals surface area contributed by atoms with Crippen LogP contribution in [0.2, 0.25) is 0 Å². The highest BCUT2D eigenvalue weighted by Gasteiger charge is 2.27. The van der Waals surface area contributed by atoms with Crippen molar-refractivity contribution in [3.05, 3.63) is 29.8 Å². The van der Waals surface area contributed by atoms with Gasteiger partial charge in [-0.2, -0.15) is 4.31 Å². The molecule has 138 valence electrons. The minimum atomic E-state index is -3.45. The summed E-state index contributed by atoms with van der Waals surface area (Å²) in [5.41, 5.74) is 2.79. The lowest BCUT2D eigenvalue weighted by Crippen LogP contribution is -2.30. The zero-order valence-electron chi connectivity index (χ0n) is 14.3. The third-order valence-electron chi connectivity index (χ3n) is 4.69. The van der Waals surface area contributed by atoms with Crippen LogP contribution < -0.4 is 5.48 Å². The molecule has 2 aliphatic rings. The van der Waals surface area contributed by atoms with E-state index in [1.54, 1.807) is 0 Å². The summed E-state index contributed by atoms with van der Waals surface area (Å²) in [4.78, 5) is 19.8. The van der Waals surface area contributed by atoms with Crippen LogP contribution in [-0.4, -0.2) is 62.9 Å². The highest BCUT2D eigenvalue weighted by molar-refractivity contribution is 7.89. The van der Waals surface area contributed by atoms with Crippen LogP contribution in [0.4, 0.5) is 0 Å². The van der Waals surface area contributed by atoms with Gasteiger partial charge in [0.1, 0.15) is 0 Å². The quantitative estimate of drug-likeness (QED) is 0.579. The molecule has 1 aromatic rings. The van der Waals surface area contributed by atoms with Gasteiger partial charge in [0.2, 0.25) is 10.0 Å². The van der Waals surface area contributed by atoms with Crippen molar-refractivity contribution < 1.29 is 18.0 Å². The van der Waals surface area contributed by atoms with Crippen LogP contribution >= 0.6 is 0 Å². The van der Waals surface area contributed by atoms with E-state index in [1.807, 2.05) is 0 Å². The van der Waals surface area contributed by atoms with E-state index < -0.39 is 10.0 Å². The van der Waals surface area contributed by atoms with E-state index >= 15 is 0 Å². The Morgan fingerprint density at radius 2 is 1.60 bits per heavy atom. The zero-order chi connectivity index (χ0) is 17.7. The molecule has 2 saturated heterocycles. The first-order valence-corrected chi connectivity index (χ1v) is 10.3. The third-order valence-corrected chi connectivity index (χ3v) is 6.61. The van der Waals surface area contributed by atoms with E-state index in [2.05, 4.69) is 10.4 Å². The van der Waals surface area contributed by atoms with Gasteiger partial charge < -0.3 is 4.90 Å². The largest absolute Gasteiger partial charge is 0.301 e. The Morgan fingerprint density at radius 1 is 1.00 bits per heavy atom. The molecule has 0 unspecified atom stereocenters. The Kier molecular flexibility index (Phi) is 6.06. The van der Waals surface area contributed by atoms with Gasteiger partial charge >= 0.3 is 0 Å². The Bertz CT molecular complexity index is 678. The lowest BCUT2D eigenvalue weighted by atomic mass is 10.2. The van der Waals surface area contributed by atoms with Crippen LogP contribution in [0.5, 0.6) is 0 Å². The number of amides is 1. The maximum absolute atomic E-state index is 12.4. The van der Waals surface area contributed by atoms with Crippen molar-refractivity contribution in [1.29, 1.82) is 0 Å². The Balaban J connectivity index is 1.50. The number of nitrogens with zero attached hydrogens (tertiary/aromatic N) is 2. The molecule has 3 rings (SSSR count). The van der Waals surface area contributed by atoms with E-state index in [9.17, 15) is 13.2 Å². The fourth-order valence-electron chi connectivity index (χ4n) is 3.21. The molecule has 7 nitrogen and oxygen atoms in total. The van der Waals surface area contributed by atoms with Gasteiger partial charge in [0.25, 0.3) is 5.91 Å². The van der Waals surface area contributed by atoms with Crippen molar-refractivity contribution in [2.75, 3.05) is 39.3 Å². The van der Waals surface area contributed by atoms with Gasteiger partial charge in [-0.1, -0.05) is 0 Å². The SMILES string of the molecule is O=C(NOCCN1CCCC1)c1ccc(S(=O)(=O)N2CCCC2)cc1. The number of rotatable bonds is 7. The smallest absolute Gasteiger partial charge is 0.274 e. The Hall–Kier alpha value is -1.48. The molecule has 0 atom stereocenters. The third kappa shape index (κ3) is 4.58. The van der Waals surface area contributed by atoms with Crippen molar-refractivity contribution in [1.82, 2.24) is 14.7 Å². The first-order chi connectivity index (χ1) is 12.1. The summed E-state index contributed by atoms with van der Waals surface area (Å²) in [7, 11) is -3.45. The van der Waals surface area contributed by atoms with E-state index in [0.29, 0.717) is 25.3 Å². The van der Waals surface area contributed by atoms with E-state index in [1.165, 1.54) is 41.4 Å². The number of hydrogen-bond donors (Lipinski definition) is 1. The predicted octanol–water partition coefficient (Wildman–Crippen LogP) is 1.23. The van der Waals surface area contributed by atoms with Gasteiger partial charge in [-0.05, 0) is 63.0 Å². The lowest BCUT2D eigenvalue weighted by Gasteiger charge is -2.16. The maximum atomic E-state index is 12.4. The molecule has 8 heteroatoms. The molecule has 0 spiro atoms. The molecule has 2 aliphatic heterocycles. The fourth-order valence-corrected chi connectivity index (χ4v) is 4.73.